The number of amides is 4. The predicted octanol–water partition coefficient (Wildman–Crippen LogP) is 4.49. The standard InChI is InChI=1S/C26H31N3O3S/c1-25(2,3)18-10-8-17(9-11-18)20-6-5-14-28(20)22(30)16-29-23(31)26(27-24(29)32)13-4-7-21-19(26)12-15-33-21/h8-12,15,20H,4-7,13-14,16H2,1-3H3,(H,27,32). The van der Waals surface area contributed by atoms with Crippen molar-refractivity contribution in [3.63, 3.8) is 0 Å². The second-order valence-corrected chi connectivity index (χ2v) is 11.5. The fraction of sp³-hybridized carbons (Fsp3) is 0.500. The van der Waals surface area contributed by atoms with Gasteiger partial charge in [0.2, 0.25) is 5.91 Å². The van der Waals surface area contributed by atoms with Gasteiger partial charge in [-0.25, -0.2) is 4.79 Å². The third kappa shape index (κ3) is 3.66. The molecule has 1 aromatic carbocycles. The van der Waals surface area contributed by atoms with Gasteiger partial charge in [-0.2, -0.15) is 0 Å². The molecular weight excluding hydrogens is 434 g/mol. The van der Waals surface area contributed by atoms with Crippen molar-refractivity contribution in [3.05, 3.63) is 57.3 Å². The molecule has 0 bridgehead atoms. The first-order chi connectivity index (χ1) is 15.7. The lowest BCUT2D eigenvalue weighted by Crippen LogP contribution is -2.47. The maximum atomic E-state index is 13.5. The monoisotopic (exact) mass is 465 g/mol. The first kappa shape index (κ1) is 22.1. The average Bonchev–Trinajstić information content (AvgIpc) is 3.50. The van der Waals surface area contributed by atoms with E-state index in [1.54, 1.807) is 11.3 Å². The summed E-state index contributed by atoms with van der Waals surface area (Å²) in [5.41, 5.74) is 2.35. The van der Waals surface area contributed by atoms with E-state index in [9.17, 15) is 14.4 Å². The highest BCUT2D eigenvalue weighted by molar-refractivity contribution is 7.10. The molecule has 3 heterocycles. The zero-order valence-corrected chi connectivity index (χ0v) is 20.3. The summed E-state index contributed by atoms with van der Waals surface area (Å²) in [6.07, 6.45) is 4.17. The largest absolute Gasteiger partial charge is 0.334 e. The SMILES string of the molecule is CC(C)(C)c1ccc(C2CCCN2C(=O)CN2C(=O)NC3(CCCc4sccc43)C2=O)cc1. The molecule has 1 aromatic heterocycles. The van der Waals surface area contributed by atoms with Crippen molar-refractivity contribution >= 4 is 29.2 Å². The van der Waals surface area contributed by atoms with E-state index >= 15 is 0 Å². The Morgan fingerprint density at radius 1 is 1.15 bits per heavy atom. The lowest BCUT2D eigenvalue weighted by molar-refractivity contribution is -0.140. The number of nitrogens with zero attached hydrogens (tertiary/aromatic N) is 2. The predicted molar refractivity (Wildman–Crippen MR) is 128 cm³/mol. The van der Waals surface area contributed by atoms with Crippen LogP contribution >= 0.6 is 11.3 Å². The van der Waals surface area contributed by atoms with Gasteiger partial charge in [-0.1, -0.05) is 45.0 Å². The van der Waals surface area contributed by atoms with Crippen LogP contribution in [0.4, 0.5) is 4.79 Å². The number of imide groups is 1. The number of rotatable bonds is 3. The lowest BCUT2D eigenvalue weighted by atomic mass is 9.80. The fourth-order valence-electron chi connectivity index (χ4n) is 5.53. The molecule has 2 aliphatic heterocycles. The summed E-state index contributed by atoms with van der Waals surface area (Å²) in [6, 6.07) is 9.97. The van der Waals surface area contributed by atoms with Gasteiger partial charge in [0.25, 0.3) is 5.91 Å². The van der Waals surface area contributed by atoms with E-state index in [-0.39, 0.29) is 29.8 Å². The quantitative estimate of drug-likeness (QED) is 0.679. The van der Waals surface area contributed by atoms with Crippen LogP contribution in [-0.2, 0) is 27.0 Å². The Morgan fingerprint density at radius 2 is 1.91 bits per heavy atom. The zero-order chi connectivity index (χ0) is 23.4. The van der Waals surface area contributed by atoms with Crippen LogP contribution in [0.25, 0.3) is 0 Å². The van der Waals surface area contributed by atoms with Crippen molar-refractivity contribution in [1.82, 2.24) is 15.1 Å². The molecule has 33 heavy (non-hydrogen) atoms. The molecule has 2 atom stereocenters. The number of thiophene rings is 1. The van der Waals surface area contributed by atoms with E-state index in [1.165, 1.54) is 5.56 Å². The summed E-state index contributed by atoms with van der Waals surface area (Å²) < 4.78 is 0. The van der Waals surface area contributed by atoms with Crippen LogP contribution in [0.1, 0.15) is 74.1 Å². The molecule has 2 unspecified atom stereocenters. The van der Waals surface area contributed by atoms with Gasteiger partial charge in [-0.3, -0.25) is 14.5 Å². The smallest absolute Gasteiger partial charge is 0.325 e. The van der Waals surface area contributed by atoms with Gasteiger partial charge in [0, 0.05) is 17.0 Å². The number of nitrogens with one attached hydrogen (secondary N) is 1. The Morgan fingerprint density at radius 3 is 2.64 bits per heavy atom. The highest BCUT2D eigenvalue weighted by Crippen LogP contribution is 2.42. The van der Waals surface area contributed by atoms with Gasteiger partial charge in [0.1, 0.15) is 12.1 Å². The van der Waals surface area contributed by atoms with Crippen LogP contribution in [0, 0.1) is 0 Å². The highest BCUT2D eigenvalue weighted by Gasteiger charge is 2.55. The molecule has 0 saturated carbocycles. The van der Waals surface area contributed by atoms with Crippen molar-refractivity contribution in [3.8, 4) is 0 Å². The zero-order valence-electron chi connectivity index (χ0n) is 19.5. The number of hydrogen-bond acceptors (Lipinski definition) is 4. The van der Waals surface area contributed by atoms with Crippen molar-refractivity contribution in [2.75, 3.05) is 13.1 Å². The topological polar surface area (TPSA) is 69.7 Å². The van der Waals surface area contributed by atoms with Gasteiger partial charge in [-0.15, -0.1) is 11.3 Å². The number of likely N-dealkylation sites (tertiary alicyclic amines) is 1. The maximum absolute atomic E-state index is 13.5. The molecule has 2 fully saturated rings. The third-order valence-electron chi connectivity index (χ3n) is 7.36. The van der Waals surface area contributed by atoms with Gasteiger partial charge < -0.3 is 10.2 Å². The second-order valence-electron chi connectivity index (χ2n) is 10.5. The van der Waals surface area contributed by atoms with E-state index in [0.29, 0.717) is 13.0 Å². The minimum Gasteiger partial charge on any atom is -0.334 e. The van der Waals surface area contributed by atoms with Crippen LogP contribution in [0.2, 0.25) is 0 Å². The molecule has 2 saturated heterocycles. The Balaban J connectivity index is 1.33. The Kier molecular flexibility index (Phi) is 5.35. The highest BCUT2D eigenvalue weighted by atomic mass is 32.1. The van der Waals surface area contributed by atoms with Crippen LogP contribution < -0.4 is 5.32 Å². The van der Waals surface area contributed by atoms with E-state index in [1.807, 2.05) is 16.3 Å². The molecule has 1 spiro atoms. The lowest BCUT2D eigenvalue weighted by Gasteiger charge is -2.31. The Hall–Kier alpha value is -2.67. The van der Waals surface area contributed by atoms with E-state index in [0.717, 1.165) is 46.6 Å². The Bertz CT molecular complexity index is 1100. The molecule has 1 N–H and O–H groups in total. The van der Waals surface area contributed by atoms with Crippen molar-refractivity contribution in [1.29, 1.82) is 0 Å². The van der Waals surface area contributed by atoms with Gasteiger partial charge in [0.05, 0.1) is 6.04 Å². The molecule has 7 heteroatoms. The number of carbonyl (C=O) groups is 3. The third-order valence-corrected chi connectivity index (χ3v) is 8.35. The molecular formula is C26H31N3O3S. The number of urea groups is 1. The summed E-state index contributed by atoms with van der Waals surface area (Å²) in [5, 5.41) is 4.92. The number of fused-ring (bicyclic) bond motifs is 2. The maximum Gasteiger partial charge on any atom is 0.325 e. The van der Waals surface area contributed by atoms with Gasteiger partial charge in [0.15, 0.2) is 0 Å². The summed E-state index contributed by atoms with van der Waals surface area (Å²) in [6.45, 7) is 6.99. The van der Waals surface area contributed by atoms with Gasteiger partial charge >= 0.3 is 6.03 Å². The summed E-state index contributed by atoms with van der Waals surface area (Å²) in [5.74, 6) is -0.454. The average molecular weight is 466 g/mol. The first-order valence-corrected chi connectivity index (χ1v) is 12.7. The summed E-state index contributed by atoms with van der Waals surface area (Å²) in [7, 11) is 0. The number of hydrogen-bond donors (Lipinski definition) is 1. The Labute approximate surface area is 199 Å². The minimum atomic E-state index is -1.00. The van der Waals surface area contributed by atoms with Crippen LogP contribution in [-0.4, -0.2) is 40.7 Å². The molecule has 3 aliphatic rings. The van der Waals surface area contributed by atoms with Gasteiger partial charge in [-0.05, 0) is 60.1 Å². The molecule has 174 valence electrons. The molecule has 6 nitrogen and oxygen atoms in total. The summed E-state index contributed by atoms with van der Waals surface area (Å²) in [4.78, 5) is 43.8. The number of carbonyl (C=O) groups excluding carboxylic acids is 3. The normalized spacial score (nSPS) is 25.0. The fourth-order valence-corrected chi connectivity index (χ4v) is 6.53. The number of benzene rings is 1. The van der Waals surface area contributed by atoms with E-state index in [4.69, 9.17) is 0 Å². The molecule has 5 rings (SSSR count). The van der Waals surface area contributed by atoms with Crippen molar-refractivity contribution in [2.45, 2.75) is 69.9 Å². The molecule has 4 amide bonds. The van der Waals surface area contributed by atoms with Crippen LogP contribution in [0.15, 0.2) is 35.7 Å². The van der Waals surface area contributed by atoms with Crippen molar-refractivity contribution in [2.24, 2.45) is 0 Å². The van der Waals surface area contributed by atoms with Crippen LogP contribution in [0.5, 0.6) is 0 Å². The second kappa shape index (κ2) is 7.97. The molecule has 1 aliphatic carbocycles. The first-order valence-electron chi connectivity index (χ1n) is 11.8. The molecule has 2 aromatic rings. The summed E-state index contributed by atoms with van der Waals surface area (Å²) >= 11 is 1.63. The van der Waals surface area contributed by atoms with Crippen molar-refractivity contribution < 1.29 is 14.4 Å². The molecule has 0 radical (unpaired) electrons. The number of aryl methyl sites for hydroxylation is 1. The van der Waals surface area contributed by atoms with Crippen LogP contribution in [0.3, 0.4) is 0 Å². The van der Waals surface area contributed by atoms with E-state index in [2.05, 4.69) is 50.4 Å². The minimum absolute atomic E-state index is 0.0144. The van der Waals surface area contributed by atoms with E-state index < -0.39 is 11.6 Å².